The smallest absolute Gasteiger partial charge is 0.125 e. The number of hydrogen-bond donors (Lipinski definition) is 1. The van der Waals surface area contributed by atoms with Gasteiger partial charge in [0.2, 0.25) is 0 Å². The second kappa shape index (κ2) is 4.18. The van der Waals surface area contributed by atoms with Gasteiger partial charge >= 0.3 is 0 Å². The standard InChI is InChI=1S/C10H9N3OS/c1-7(13-14)9-6-12-10(15-9)8-3-2-4-11-5-8/h2-6,14H,1H3/b13-7-. The summed E-state index contributed by atoms with van der Waals surface area (Å²) in [6, 6.07) is 3.81. The van der Waals surface area contributed by atoms with E-state index in [9.17, 15) is 0 Å². The lowest BCUT2D eigenvalue weighted by molar-refractivity contribution is 0.319. The molecule has 15 heavy (non-hydrogen) atoms. The van der Waals surface area contributed by atoms with Gasteiger partial charge in [0, 0.05) is 24.2 Å². The molecule has 0 aliphatic heterocycles. The highest BCUT2D eigenvalue weighted by molar-refractivity contribution is 7.17. The van der Waals surface area contributed by atoms with Crippen LogP contribution in [0.2, 0.25) is 0 Å². The fourth-order valence-corrected chi connectivity index (χ4v) is 1.96. The molecule has 0 unspecified atom stereocenters. The second-order valence-electron chi connectivity index (χ2n) is 2.96. The van der Waals surface area contributed by atoms with Gasteiger partial charge in [0.1, 0.15) is 5.01 Å². The van der Waals surface area contributed by atoms with Crippen LogP contribution in [0.5, 0.6) is 0 Å². The normalized spacial score (nSPS) is 11.7. The van der Waals surface area contributed by atoms with E-state index in [2.05, 4.69) is 15.1 Å². The number of aromatic nitrogens is 2. The van der Waals surface area contributed by atoms with Crippen LogP contribution in [0.1, 0.15) is 11.8 Å². The van der Waals surface area contributed by atoms with Crippen LogP contribution in [0.15, 0.2) is 35.9 Å². The summed E-state index contributed by atoms with van der Waals surface area (Å²) in [5.74, 6) is 0. The molecule has 0 radical (unpaired) electrons. The number of oxime groups is 1. The first-order valence-corrected chi connectivity index (χ1v) is 5.18. The fraction of sp³-hybridized carbons (Fsp3) is 0.100. The number of thiazole rings is 1. The average molecular weight is 219 g/mol. The molecule has 0 spiro atoms. The van der Waals surface area contributed by atoms with E-state index in [1.165, 1.54) is 11.3 Å². The Morgan fingerprint density at radius 3 is 3.00 bits per heavy atom. The van der Waals surface area contributed by atoms with Crippen molar-refractivity contribution in [2.75, 3.05) is 0 Å². The summed E-state index contributed by atoms with van der Waals surface area (Å²) in [7, 11) is 0. The fourth-order valence-electron chi connectivity index (χ4n) is 1.11. The molecule has 2 heterocycles. The van der Waals surface area contributed by atoms with Crippen molar-refractivity contribution in [3.05, 3.63) is 35.6 Å². The highest BCUT2D eigenvalue weighted by atomic mass is 32.1. The van der Waals surface area contributed by atoms with Crippen molar-refractivity contribution in [3.63, 3.8) is 0 Å². The summed E-state index contributed by atoms with van der Waals surface area (Å²) in [6.07, 6.45) is 5.18. The Balaban J connectivity index is 2.36. The molecule has 0 saturated carbocycles. The number of hydrogen-bond acceptors (Lipinski definition) is 5. The van der Waals surface area contributed by atoms with Crippen LogP contribution in [0.4, 0.5) is 0 Å². The summed E-state index contributed by atoms with van der Waals surface area (Å²) < 4.78 is 0. The molecule has 0 aliphatic rings. The van der Waals surface area contributed by atoms with E-state index in [4.69, 9.17) is 5.21 Å². The molecule has 2 rings (SSSR count). The highest BCUT2D eigenvalue weighted by Gasteiger charge is 2.06. The van der Waals surface area contributed by atoms with E-state index in [1.807, 2.05) is 12.1 Å². The first-order chi connectivity index (χ1) is 7.31. The van der Waals surface area contributed by atoms with Gasteiger partial charge < -0.3 is 5.21 Å². The van der Waals surface area contributed by atoms with Crippen LogP contribution in [0.25, 0.3) is 10.6 Å². The molecule has 76 valence electrons. The van der Waals surface area contributed by atoms with Crippen molar-refractivity contribution in [3.8, 4) is 10.6 Å². The zero-order chi connectivity index (χ0) is 10.7. The minimum atomic E-state index is 0.572. The van der Waals surface area contributed by atoms with Crippen molar-refractivity contribution in [1.29, 1.82) is 0 Å². The van der Waals surface area contributed by atoms with Crippen LogP contribution < -0.4 is 0 Å². The van der Waals surface area contributed by atoms with Crippen LogP contribution in [0.3, 0.4) is 0 Å². The Labute approximate surface area is 90.9 Å². The largest absolute Gasteiger partial charge is 0.411 e. The van der Waals surface area contributed by atoms with E-state index in [0.717, 1.165) is 15.4 Å². The number of pyridine rings is 1. The zero-order valence-electron chi connectivity index (χ0n) is 8.08. The van der Waals surface area contributed by atoms with E-state index in [0.29, 0.717) is 5.71 Å². The third-order valence-electron chi connectivity index (χ3n) is 1.92. The summed E-state index contributed by atoms with van der Waals surface area (Å²) >= 11 is 1.48. The minimum Gasteiger partial charge on any atom is -0.411 e. The topological polar surface area (TPSA) is 58.4 Å². The summed E-state index contributed by atoms with van der Waals surface area (Å²) in [6.45, 7) is 1.74. The first-order valence-electron chi connectivity index (χ1n) is 4.36. The van der Waals surface area contributed by atoms with Crippen molar-refractivity contribution in [1.82, 2.24) is 9.97 Å². The number of rotatable bonds is 2. The highest BCUT2D eigenvalue weighted by Crippen LogP contribution is 2.24. The molecular formula is C10H9N3OS. The van der Waals surface area contributed by atoms with E-state index in [-0.39, 0.29) is 0 Å². The molecule has 0 atom stereocenters. The molecule has 0 saturated heterocycles. The molecule has 4 nitrogen and oxygen atoms in total. The number of nitrogens with zero attached hydrogens (tertiary/aromatic N) is 3. The predicted molar refractivity (Wildman–Crippen MR) is 59.3 cm³/mol. The monoisotopic (exact) mass is 219 g/mol. The third-order valence-corrected chi connectivity index (χ3v) is 3.08. The van der Waals surface area contributed by atoms with Gasteiger partial charge in [-0.25, -0.2) is 4.98 Å². The van der Waals surface area contributed by atoms with E-state index in [1.54, 1.807) is 25.5 Å². The Bertz CT molecular complexity index is 478. The molecule has 2 aromatic rings. The maximum Gasteiger partial charge on any atom is 0.125 e. The molecule has 5 heteroatoms. The zero-order valence-corrected chi connectivity index (χ0v) is 8.90. The van der Waals surface area contributed by atoms with E-state index >= 15 is 0 Å². The lowest BCUT2D eigenvalue weighted by atomic mass is 10.3. The minimum absolute atomic E-state index is 0.572. The lowest BCUT2D eigenvalue weighted by Crippen LogP contribution is -1.88. The Hall–Kier alpha value is -1.75. The van der Waals surface area contributed by atoms with Gasteiger partial charge in [0.15, 0.2) is 0 Å². The summed E-state index contributed by atoms with van der Waals surface area (Å²) in [5.41, 5.74) is 1.54. The SMILES string of the molecule is C/C(=N/O)c1cnc(-c2cccnc2)s1. The Morgan fingerprint density at radius 2 is 2.33 bits per heavy atom. The molecule has 0 aliphatic carbocycles. The Morgan fingerprint density at radius 1 is 1.47 bits per heavy atom. The van der Waals surface area contributed by atoms with Crippen molar-refractivity contribution < 1.29 is 5.21 Å². The van der Waals surface area contributed by atoms with Crippen molar-refractivity contribution >= 4 is 17.0 Å². The van der Waals surface area contributed by atoms with Crippen LogP contribution >= 0.6 is 11.3 Å². The Kier molecular flexibility index (Phi) is 2.73. The second-order valence-corrected chi connectivity index (χ2v) is 3.99. The van der Waals surface area contributed by atoms with Gasteiger partial charge in [-0.3, -0.25) is 4.98 Å². The van der Waals surface area contributed by atoms with Crippen molar-refractivity contribution in [2.45, 2.75) is 6.92 Å². The maximum absolute atomic E-state index is 8.62. The van der Waals surface area contributed by atoms with Gasteiger partial charge in [-0.15, -0.1) is 11.3 Å². The average Bonchev–Trinajstić information content (AvgIpc) is 2.78. The van der Waals surface area contributed by atoms with E-state index < -0.39 is 0 Å². The molecule has 0 amide bonds. The molecule has 0 bridgehead atoms. The predicted octanol–water partition coefficient (Wildman–Crippen LogP) is 2.40. The van der Waals surface area contributed by atoms with Crippen LogP contribution in [-0.2, 0) is 0 Å². The van der Waals surface area contributed by atoms with Gasteiger partial charge in [0.25, 0.3) is 0 Å². The first kappa shape index (κ1) is 9.79. The van der Waals surface area contributed by atoms with Gasteiger partial charge in [-0.1, -0.05) is 5.16 Å². The van der Waals surface area contributed by atoms with Crippen molar-refractivity contribution in [2.24, 2.45) is 5.16 Å². The summed E-state index contributed by atoms with van der Waals surface area (Å²) in [5, 5.41) is 12.6. The lowest BCUT2D eigenvalue weighted by Gasteiger charge is -1.92. The van der Waals surface area contributed by atoms with Crippen LogP contribution in [-0.4, -0.2) is 20.9 Å². The summed E-state index contributed by atoms with van der Waals surface area (Å²) in [4.78, 5) is 9.12. The van der Waals surface area contributed by atoms with Gasteiger partial charge in [0.05, 0.1) is 10.6 Å². The van der Waals surface area contributed by atoms with Crippen LogP contribution in [0, 0.1) is 0 Å². The molecule has 2 aromatic heterocycles. The third kappa shape index (κ3) is 2.02. The molecule has 0 aromatic carbocycles. The quantitative estimate of drug-likeness (QED) is 0.479. The molecule has 0 fully saturated rings. The van der Waals surface area contributed by atoms with Gasteiger partial charge in [-0.05, 0) is 19.1 Å². The molecule has 1 N–H and O–H groups in total. The maximum atomic E-state index is 8.62. The molecular weight excluding hydrogens is 210 g/mol. The van der Waals surface area contributed by atoms with Gasteiger partial charge in [-0.2, -0.15) is 0 Å².